The zero-order chi connectivity index (χ0) is 15.0. The predicted molar refractivity (Wildman–Crippen MR) is 78.8 cm³/mol. The highest BCUT2D eigenvalue weighted by atomic mass is 32.2. The van der Waals surface area contributed by atoms with Gasteiger partial charge in [0.25, 0.3) is 0 Å². The minimum Gasteiger partial charge on any atom is -0.478 e. The van der Waals surface area contributed by atoms with Gasteiger partial charge in [0.2, 0.25) is 5.91 Å². The molecule has 0 saturated heterocycles. The van der Waals surface area contributed by atoms with Crippen LogP contribution in [0.5, 0.6) is 0 Å². The van der Waals surface area contributed by atoms with Crippen LogP contribution < -0.4 is 5.32 Å². The molecule has 0 radical (unpaired) electrons. The maximum absolute atomic E-state index is 13.6. The molecule has 2 N–H and O–H groups in total. The van der Waals surface area contributed by atoms with Crippen molar-refractivity contribution in [3.8, 4) is 0 Å². The highest BCUT2D eigenvalue weighted by Gasteiger charge is 2.10. The van der Waals surface area contributed by atoms with Crippen LogP contribution in [0.15, 0.2) is 18.2 Å². The van der Waals surface area contributed by atoms with Crippen LogP contribution >= 0.6 is 11.8 Å². The summed E-state index contributed by atoms with van der Waals surface area (Å²) in [5.74, 6) is -0.492. The van der Waals surface area contributed by atoms with E-state index in [0.717, 1.165) is 24.7 Å². The summed E-state index contributed by atoms with van der Waals surface area (Å²) in [6.45, 7) is 2.11. The average molecular weight is 299 g/mol. The van der Waals surface area contributed by atoms with E-state index in [0.29, 0.717) is 12.2 Å². The number of carbonyl (C=O) groups excluding carboxylic acids is 1. The van der Waals surface area contributed by atoms with Gasteiger partial charge < -0.3 is 10.4 Å². The van der Waals surface area contributed by atoms with Gasteiger partial charge in [-0.25, -0.2) is 9.18 Å². The second-order valence-electron chi connectivity index (χ2n) is 4.26. The van der Waals surface area contributed by atoms with Crippen LogP contribution in [0, 0.1) is 5.82 Å². The summed E-state index contributed by atoms with van der Waals surface area (Å²) in [6, 6.07) is 3.42. The van der Waals surface area contributed by atoms with Crippen molar-refractivity contribution in [2.75, 3.05) is 16.8 Å². The number of carboxylic acid groups (broad SMARTS) is 1. The topological polar surface area (TPSA) is 66.4 Å². The molecule has 0 aliphatic heterocycles. The number of thioether (sulfide) groups is 1. The predicted octanol–water partition coefficient (Wildman–Crippen LogP) is 3.39. The Hall–Kier alpha value is -1.56. The maximum Gasteiger partial charge on any atom is 0.335 e. The fourth-order valence-electron chi connectivity index (χ4n) is 1.48. The number of carbonyl (C=O) groups is 2. The summed E-state index contributed by atoms with van der Waals surface area (Å²) >= 11 is 1.69. The third kappa shape index (κ3) is 5.61. The number of amides is 1. The first-order chi connectivity index (χ1) is 9.54. The molecule has 0 unspecified atom stereocenters. The number of rotatable bonds is 8. The van der Waals surface area contributed by atoms with Gasteiger partial charge in [-0.2, -0.15) is 11.8 Å². The Morgan fingerprint density at radius 1 is 1.35 bits per heavy atom. The summed E-state index contributed by atoms with van der Waals surface area (Å²) in [6.07, 6.45) is 2.56. The van der Waals surface area contributed by atoms with E-state index >= 15 is 0 Å². The second kappa shape index (κ2) is 8.58. The van der Waals surface area contributed by atoms with Crippen molar-refractivity contribution in [1.29, 1.82) is 0 Å². The van der Waals surface area contributed by atoms with E-state index in [1.54, 1.807) is 11.8 Å². The summed E-state index contributed by atoms with van der Waals surface area (Å²) in [5.41, 5.74) is -0.130. The first-order valence-corrected chi connectivity index (χ1v) is 7.60. The van der Waals surface area contributed by atoms with E-state index in [2.05, 4.69) is 12.2 Å². The number of aromatic carboxylic acids is 1. The Morgan fingerprint density at radius 3 is 2.70 bits per heavy atom. The van der Waals surface area contributed by atoms with Crippen LogP contribution in [0.4, 0.5) is 10.1 Å². The molecule has 4 nitrogen and oxygen atoms in total. The summed E-state index contributed by atoms with van der Waals surface area (Å²) in [4.78, 5) is 22.3. The molecule has 6 heteroatoms. The fourth-order valence-corrected chi connectivity index (χ4v) is 2.50. The third-order valence-electron chi connectivity index (χ3n) is 2.61. The minimum absolute atomic E-state index is 0.0126. The van der Waals surface area contributed by atoms with E-state index in [4.69, 9.17) is 5.11 Å². The average Bonchev–Trinajstić information content (AvgIpc) is 2.40. The molecule has 1 aromatic rings. The van der Waals surface area contributed by atoms with E-state index in [9.17, 15) is 14.0 Å². The van der Waals surface area contributed by atoms with Gasteiger partial charge in [0.1, 0.15) is 5.82 Å². The molecule has 1 aromatic carbocycles. The molecule has 110 valence electrons. The van der Waals surface area contributed by atoms with Crippen molar-refractivity contribution in [3.05, 3.63) is 29.6 Å². The molecule has 0 bridgehead atoms. The number of hydrogen-bond acceptors (Lipinski definition) is 3. The van der Waals surface area contributed by atoms with Gasteiger partial charge in [0, 0.05) is 12.2 Å². The smallest absolute Gasteiger partial charge is 0.335 e. The van der Waals surface area contributed by atoms with Crippen molar-refractivity contribution in [1.82, 2.24) is 0 Å². The number of unbranched alkanes of at least 4 members (excludes halogenated alkanes) is 1. The highest BCUT2D eigenvalue weighted by molar-refractivity contribution is 7.99. The Bertz CT molecular complexity index is 479. The van der Waals surface area contributed by atoms with Gasteiger partial charge in [-0.15, -0.1) is 0 Å². The molecule has 0 atom stereocenters. The van der Waals surface area contributed by atoms with Gasteiger partial charge >= 0.3 is 5.97 Å². The van der Waals surface area contributed by atoms with Gasteiger partial charge in [-0.05, 0) is 30.4 Å². The second-order valence-corrected chi connectivity index (χ2v) is 5.49. The van der Waals surface area contributed by atoms with Crippen molar-refractivity contribution in [2.24, 2.45) is 0 Å². The maximum atomic E-state index is 13.6. The fraction of sp³-hybridized carbons (Fsp3) is 0.429. The highest BCUT2D eigenvalue weighted by Crippen LogP contribution is 2.16. The molecular weight excluding hydrogens is 281 g/mol. The summed E-state index contributed by atoms with van der Waals surface area (Å²) < 4.78 is 13.6. The van der Waals surface area contributed by atoms with E-state index in [-0.39, 0.29) is 17.2 Å². The molecule has 0 fully saturated rings. The minimum atomic E-state index is -1.20. The Balaban J connectivity index is 2.44. The molecule has 1 amide bonds. The molecule has 0 saturated carbocycles. The molecule has 0 spiro atoms. The summed E-state index contributed by atoms with van der Waals surface area (Å²) in [7, 11) is 0. The molecule has 20 heavy (non-hydrogen) atoms. The third-order valence-corrected chi connectivity index (χ3v) is 3.68. The van der Waals surface area contributed by atoms with Crippen LogP contribution in [-0.2, 0) is 4.79 Å². The Kier molecular flexibility index (Phi) is 7.08. The van der Waals surface area contributed by atoms with E-state index in [1.165, 1.54) is 12.1 Å². The van der Waals surface area contributed by atoms with E-state index in [1.807, 2.05) is 0 Å². The zero-order valence-electron chi connectivity index (χ0n) is 11.3. The van der Waals surface area contributed by atoms with Crippen LogP contribution in [0.1, 0.15) is 36.5 Å². The van der Waals surface area contributed by atoms with Gasteiger partial charge in [0.15, 0.2) is 0 Å². The van der Waals surface area contributed by atoms with Crippen LogP contribution in [0.3, 0.4) is 0 Å². The SMILES string of the molecule is CCCCSCCC(=O)Nc1ccc(C(=O)O)cc1F. The van der Waals surface area contributed by atoms with Crippen molar-refractivity contribution in [3.63, 3.8) is 0 Å². The van der Waals surface area contributed by atoms with E-state index < -0.39 is 11.8 Å². The summed E-state index contributed by atoms with van der Waals surface area (Å²) in [5, 5.41) is 11.2. The molecule has 0 aliphatic carbocycles. The molecule has 0 heterocycles. The number of benzene rings is 1. The molecule has 0 aromatic heterocycles. The number of anilines is 1. The monoisotopic (exact) mass is 299 g/mol. The Labute approximate surface area is 121 Å². The molecular formula is C14H18FNO3S. The molecule has 1 rings (SSSR count). The number of hydrogen-bond donors (Lipinski definition) is 2. The lowest BCUT2D eigenvalue weighted by molar-refractivity contribution is -0.115. The van der Waals surface area contributed by atoms with Crippen molar-refractivity contribution >= 4 is 29.3 Å². The van der Waals surface area contributed by atoms with Gasteiger partial charge in [0.05, 0.1) is 11.3 Å². The lowest BCUT2D eigenvalue weighted by Crippen LogP contribution is -2.13. The van der Waals surface area contributed by atoms with Crippen LogP contribution in [0.25, 0.3) is 0 Å². The lowest BCUT2D eigenvalue weighted by atomic mass is 10.2. The van der Waals surface area contributed by atoms with Crippen LogP contribution in [-0.4, -0.2) is 28.5 Å². The Morgan fingerprint density at radius 2 is 2.10 bits per heavy atom. The molecule has 0 aliphatic rings. The van der Waals surface area contributed by atoms with Gasteiger partial charge in [-0.3, -0.25) is 4.79 Å². The number of nitrogens with one attached hydrogen (secondary N) is 1. The zero-order valence-corrected chi connectivity index (χ0v) is 12.1. The van der Waals surface area contributed by atoms with Crippen LogP contribution in [0.2, 0.25) is 0 Å². The number of carboxylic acids is 1. The first-order valence-electron chi connectivity index (χ1n) is 6.45. The largest absolute Gasteiger partial charge is 0.478 e. The lowest BCUT2D eigenvalue weighted by Gasteiger charge is -2.07. The standard InChI is InChI=1S/C14H18FNO3S/c1-2-3-7-20-8-6-13(17)16-12-5-4-10(14(18)19)9-11(12)15/h4-5,9H,2-3,6-8H2,1H3,(H,16,17)(H,18,19). The van der Waals surface area contributed by atoms with Crippen molar-refractivity contribution < 1.29 is 19.1 Å². The first kappa shape index (κ1) is 16.5. The van der Waals surface area contributed by atoms with Gasteiger partial charge in [-0.1, -0.05) is 13.3 Å². The normalized spacial score (nSPS) is 10.3. The van der Waals surface area contributed by atoms with Crippen molar-refractivity contribution in [2.45, 2.75) is 26.2 Å². The quantitative estimate of drug-likeness (QED) is 0.722. The number of halogens is 1.